The number of hydrogen-bond donors (Lipinski definition) is 1. The molecule has 0 saturated carbocycles. The van der Waals surface area contributed by atoms with Gasteiger partial charge in [-0.25, -0.2) is 0 Å². The van der Waals surface area contributed by atoms with Gasteiger partial charge in [-0.1, -0.05) is 0 Å². The molecule has 2 aliphatic rings. The minimum Gasteiger partial charge on any atom is -0.632 e. The average Bonchev–Trinajstić information content (AvgIpc) is 2.35. The minimum absolute atomic E-state index is 0.00463. The molecule has 3 heteroatoms. The molecule has 0 aromatic heterocycles. The first kappa shape index (κ1) is 5.65. The van der Waals surface area contributed by atoms with Crippen molar-refractivity contribution in [3.05, 3.63) is 5.21 Å². The van der Waals surface area contributed by atoms with Crippen LogP contribution < -0.4 is 5.06 Å². The largest absolute Gasteiger partial charge is 0.632 e. The summed E-state index contributed by atoms with van der Waals surface area (Å²) in [4.78, 5) is 0. The van der Waals surface area contributed by atoms with Crippen LogP contribution in [0.25, 0.3) is 0 Å². The van der Waals surface area contributed by atoms with Gasteiger partial charge in [0.15, 0.2) is 6.23 Å². The molecule has 0 amide bonds. The molecule has 2 rings (SSSR count). The summed E-state index contributed by atoms with van der Waals surface area (Å²) in [5.74, 6) is 0.581. The molecule has 1 N–H and O–H groups in total. The molecule has 2 heterocycles. The average molecular weight is 129 g/mol. The fourth-order valence-electron chi connectivity index (χ4n) is 1.76. The van der Waals surface area contributed by atoms with Gasteiger partial charge in [0.2, 0.25) is 0 Å². The van der Waals surface area contributed by atoms with Crippen molar-refractivity contribution in [1.29, 1.82) is 0 Å². The molecule has 0 aliphatic carbocycles. The molecular weight excluding hydrogens is 118 g/mol. The smallest absolute Gasteiger partial charge is 0.194 e. The first-order chi connectivity index (χ1) is 4.38. The molecule has 3 unspecified atom stereocenters. The van der Waals surface area contributed by atoms with Gasteiger partial charge in [-0.05, 0) is 6.42 Å². The number of nitrogens with one attached hydrogen (secondary N) is 1. The molecule has 2 aliphatic heterocycles. The molecule has 0 aromatic rings. The number of rotatable bonds is 0. The van der Waals surface area contributed by atoms with E-state index in [4.69, 9.17) is 4.74 Å². The topological polar surface area (TPSA) is 36.7 Å². The SMILES string of the molecule is [O-][NH+]1CCC2CCOC21. The Morgan fingerprint density at radius 3 is 3.11 bits per heavy atom. The van der Waals surface area contributed by atoms with Crippen molar-refractivity contribution in [1.82, 2.24) is 0 Å². The number of ether oxygens (including phenoxy) is 1. The maximum atomic E-state index is 10.9. The summed E-state index contributed by atoms with van der Waals surface area (Å²) in [5.41, 5.74) is 0. The second-order valence-corrected chi connectivity index (χ2v) is 2.85. The monoisotopic (exact) mass is 129 g/mol. The van der Waals surface area contributed by atoms with Crippen molar-refractivity contribution >= 4 is 0 Å². The van der Waals surface area contributed by atoms with Gasteiger partial charge < -0.3 is 15.0 Å². The molecule has 3 nitrogen and oxygen atoms in total. The van der Waals surface area contributed by atoms with E-state index in [0.717, 1.165) is 26.0 Å². The molecule has 52 valence electrons. The van der Waals surface area contributed by atoms with E-state index in [2.05, 4.69) is 0 Å². The Hall–Kier alpha value is -0.120. The second-order valence-electron chi connectivity index (χ2n) is 2.85. The molecule has 0 aromatic carbocycles. The van der Waals surface area contributed by atoms with Crippen LogP contribution in [0.2, 0.25) is 0 Å². The van der Waals surface area contributed by atoms with E-state index in [9.17, 15) is 5.21 Å². The number of hydroxylamine groups is 2. The van der Waals surface area contributed by atoms with Crippen molar-refractivity contribution in [2.45, 2.75) is 19.1 Å². The molecule has 0 bridgehead atoms. The van der Waals surface area contributed by atoms with Gasteiger partial charge in [0, 0.05) is 12.3 Å². The molecule has 3 atom stereocenters. The highest BCUT2D eigenvalue weighted by Crippen LogP contribution is 2.22. The summed E-state index contributed by atoms with van der Waals surface area (Å²) in [6.45, 7) is 1.57. The second kappa shape index (κ2) is 1.94. The maximum absolute atomic E-state index is 10.9. The van der Waals surface area contributed by atoms with Gasteiger partial charge in [-0.2, -0.15) is 0 Å². The third-order valence-electron chi connectivity index (χ3n) is 2.29. The summed E-state index contributed by atoms with van der Waals surface area (Å²) in [6, 6.07) is 0. The van der Waals surface area contributed by atoms with E-state index < -0.39 is 0 Å². The Morgan fingerprint density at radius 1 is 1.44 bits per heavy atom. The highest BCUT2D eigenvalue weighted by molar-refractivity contribution is 4.72. The first-order valence-electron chi connectivity index (χ1n) is 3.52. The predicted molar refractivity (Wildman–Crippen MR) is 31.7 cm³/mol. The van der Waals surface area contributed by atoms with E-state index in [1.807, 2.05) is 0 Å². The van der Waals surface area contributed by atoms with Crippen molar-refractivity contribution in [3.8, 4) is 0 Å². The Labute approximate surface area is 54.2 Å². The molecule has 0 spiro atoms. The van der Waals surface area contributed by atoms with Crippen LogP contribution in [0.15, 0.2) is 0 Å². The number of quaternary nitrogens is 1. The highest BCUT2D eigenvalue weighted by Gasteiger charge is 2.38. The van der Waals surface area contributed by atoms with Crippen molar-refractivity contribution in [2.24, 2.45) is 5.92 Å². The van der Waals surface area contributed by atoms with Crippen LogP contribution in [0.5, 0.6) is 0 Å². The van der Waals surface area contributed by atoms with E-state index in [1.54, 1.807) is 0 Å². The predicted octanol–water partition coefficient (Wildman–Crippen LogP) is -0.865. The Morgan fingerprint density at radius 2 is 2.33 bits per heavy atom. The zero-order valence-corrected chi connectivity index (χ0v) is 5.30. The number of hydrogen-bond acceptors (Lipinski definition) is 2. The van der Waals surface area contributed by atoms with E-state index in [1.165, 1.54) is 0 Å². The fourth-order valence-corrected chi connectivity index (χ4v) is 1.76. The van der Waals surface area contributed by atoms with Crippen molar-refractivity contribution in [3.63, 3.8) is 0 Å². The molecular formula is C6H11NO2. The van der Waals surface area contributed by atoms with Crippen LogP contribution in [0.3, 0.4) is 0 Å². The standard InChI is InChI=1S/C6H11NO2/c8-7-3-1-5-2-4-9-6(5)7/h5-7H,1-4H2. The first-order valence-corrected chi connectivity index (χ1v) is 3.52. The lowest BCUT2D eigenvalue weighted by Gasteiger charge is -2.21. The molecule has 0 radical (unpaired) electrons. The third-order valence-corrected chi connectivity index (χ3v) is 2.29. The van der Waals surface area contributed by atoms with Crippen molar-refractivity contribution in [2.75, 3.05) is 13.2 Å². The van der Waals surface area contributed by atoms with Crippen LogP contribution in [-0.2, 0) is 4.74 Å². The minimum atomic E-state index is 0.00463. The van der Waals surface area contributed by atoms with Crippen molar-refractivity contribution < 1.29 is 9.80 Å². The lowest BCUT2D eigenvalue weighted by Crippen LogP contribution is -3.09. The van der Waals surface area contributed by atoms with E-state index >= 15 is 0 Å². The Balaban J connectivity index is 2.07. The van der Waals surface area contributed by atoms with Gasteiger partial charge in [0.25, 0.3) is 0 Å². The quantitative estimate of drug-likeness (QED) is 0.432. The molecule has 9 heavy (non-hydrogen) atoms. The van der Waals surface area contributed by atoms with Crippen LogP contribution in [0.4, 0.5) is 0 Å². The number of fused-ring (bicyclic) bond motifs is 1. The summed E-state index contributed by atoms with van der Waals surface area (Å²) in [5, 5.41) is 11.3. The zero-order valence-electron chi connectivity index (χ0n) is 5.30. The highest BCUT2D eigenvalue weighted by atomic mass is 16.6. The Kier molecular flexibility index (Phi) is 1.22. The zero-order chi connectivity index (χ0) is 6.27. The summed E-state index contributed by atoms with van der Waals surface area (Å²) in [7, 11) is 0. The van der Waals surface area contributed by atoms with Crippen LogP contribution in [0.1, 0.15) is 12.8 Å². The van der Waals surface area contributed by atoms with Crippen LogP contribution in [-0.4, -0.2) is 19.4 Å². The van der Waals surface area contributed by atoms with Gasteiger partial charge in [-0.15, -0.1) is 0 Å². The third kappa shape index (κ3) is 0.764. The van der Waals surface area contributed by atoms with Crippen LogP contribution >= 0.6 is 0 Å². The lowest BCUT2D eigenvalue weighted by molar-refractivity contribution is -0.886. The van der Waals surface area contributed by atoms with Gasteiger partial charge in [0.1, 0.15) is 0 Å². The fraction of sp³-hybridized carbons (Fsp3) is 1.00. The maximum Gasteiger partial charge on any atom is 0.194 e. The van der Waals surface area contributed by atoms with Gasteiger partial charge in [0.05, 0.1) is 13.2 Å². The van der Waals surface area contributed by atoms with Crippen LogP contribution in [0, 0.1) is 11.1 Å². The molecule has 2 fully saturated rings. The van der Waals surface area contributed by atoms with E-state index in [-0.39, 0.29) is 6.23 Å². The normalized spacial score (nSPS) is 49.7. The molecule has 2 saturated heterocycles. The lowest BCUT2D eigenvalue weighted by atomic mass is 10.1. The summed E-state index contributed by atoms with van der Waals surface area (Å²) >= 11 is 0. The van der Waals surface area contributed by atoms with Gasteiger partial charge in [-0.3, -0.25) is 0 Å². The summed E-state index contributed by atoms with van der Waals surface area (Å²) < 4.78 is 5.24. The Bertz CT molecular complexity index is 118. The summed E-state index contributed by atoms with van der Waals surface area (Å²) in [6.07, 6.45) is 2.19. The van der Waals surface area contributed by atoms with E-state index in [0.29, 0.717) is 11.0 Å². The van der Waals surface area contributed by atoms with Gasteiger partial charge >= 0.3 is 0 Å².